The number of aromatic nitrogens is 3. The van der Waals surface area contributed by atoms with Gasteiger partial charge in [-0.25, -0.2) is 15.0 Å². The second-order valence-corrected chi connectivity index (χ2v) is 6.78. The summed E-state index contributed by atoms with van der Waals surface area (Å²) in [4.78, 5) is 27.5. The summed E-state index contributed by atoms with van der Waals surface area (Å²) < 4.78 is 0. The number of carbonyl (C=O) groups excluding carboxylic acids is 1. The molecule has 1 fully saturated rings. The van der Waals surface area contributed by atoms with Gasteiger partial charge in [0.2, 0.25) is 0 Å². The Bertz CT molecular complexity index is 656. The number of thiazole rings is 1. The molecule has 0 aromatic carbocycles. The number of hydrogen-bond donors (Lipinski definition) is 0. The Hall–Kier alpha value is -1.82. The summed E-state index contributed by atoms with van der Waals surface area (Å²) in [5.41, 5.74) is 1.39. The van der Waals surface area contributed by atoms with E-state index in [0.717, 1.165) is 43.1 Å². The van der Waals surface area contributed by atoms with Crippen LogP contribution in [-0.4, -0.2) is 38.8 Å². The number of amides is 1. The minimum absolute atomic E-state index is 0.0568. The third-order valence-electron chi connectivity index (χ3n) is 4.08. The van der Waals surface area contributed by atoms with Crippen molar-refractivity contribution in [1.82, 2.24) is 19.9 Å². The molecule has 2 aromatic heterocycles. The van der Waals surface area contributed by atoms with Gasteiger partial charge in [0.15, 0.2) is 0 Å². The van der Waals surface area contributed by atoms with Gasteiger partial charge in [-0.05, 0) is 32.6 Å². The van der Waals surface area contributed by atoms with Crippen molar-refractivity contribution in [3.63, 3.8) is 0 Å². The van der Waals surface area contributed by atoms with Crippen LogP contribution in [0.4, 0.5) is 0 Å². The molecule has 1 aliphatic rings. The van der Waals surface area contributed by atoms with Gasteiger partial charge in [-0.2, -0.15) is 0 Å². The monoisotopic (exact) mass is 316 g/mol. The normalized spacial score (nSPS) is 18.5. The highest BCUT2D eigenvalue weighted by Gasteiger charge is 2.26. The Morgan fingerprint density at radius 2 is 2.27 bits per heavy atom. The molecule has 5 nitrogen and oxygen atoms in total. The molecule has 0 N–H and O–H groups in total. The topological polar surface area (TPSA) is 59.0 Å². The van der Waals surface area contributed by atoms with E-state index < -0.39 is 0 Å². The molecule has 0 spiro atoms. The van der Waals surface area contributed by atoms with Crippen LogP contribution >= 0.6 is 11.3 Å². The zero-order valence-corrected chi connectivity index (χ0v) is 13.8. The highest BCUT2D eigenvalue weighted by atomic mass is 32.1. The minimum Gasteiger partial charge on any atom is -0.338 e. The molecule has 22 heavy (non-hydrogen) atoms. The number of likely N-dealkylation sites (tertiary alicyclic amines) is 1. The quantitative estimate of drug-likeness (QED) is 0.873. The van der Waals surface area contributed by atoms with Crippen molar-refractivity contribution < 1.29 is 4.79 Å². The van der Waals surface area contributed by atoms with Gasteiger partial charge in [-0.3, -0.25) is 4.79 Å². The van der Waals surface area contributed by atoms with Gasteiger partial charge in [-0.15, -0.1) is 11.3 Å². The average molecular weight is 316 g/mol. The van der Waals surface area contributed by atoms with Gasteiger partial charge in [0, 0.05) is 37.3 Å². The molecule has 1 aliphatic heterocycles. The Morgan fingerprint density at radius 1 is 1.41 bits per heavy atom. The van der Waals surface area contributed by atoms with Crippen molar-refractivity contribution in [3.05, 3.63) is 39.9 Å². The summed E-state index contributed by atoms with van der Waals surface area (Å²) >= 11 is 1.69. The molecule has 3 rings (SSSR count). The standard InChI is InChI=1S/C16H20N4OS/c1-11-14(9-18-12(2)19-11)16(21)20-6-3-4-13(10-20)8-15-17-5-7-22-15/h5,7,9,13H,3-4,6,8,10H2,1-2H3/t13-/m1/s1. The maximum Gasteiger partial charge on any atom is 0.257 e. The summed E-state index contributed by atoms with van der Waals surface area (Å²) in [5, 5.41) is 3.17. The number of rotatable bonds is 3. The molecule has 1 atom stereocenters. The highest BCUT2D eigenvalue weighted by molar-refractivity contribution is 7.09. The fourth-order valence-corrected chi connectivity index (χ4v) is 3.71. The third kappa shape index (κ3) is 3.32. The van der Waals surface area contributed by atoms with Crippen LogP contribution in [0.1, 0.15) is 39.7 Å². The van der Waals surface area contributed by atoms with Crippen LogP contribution in [0.5, 0.6) is 0 Å². The molecular weight excluding hydrogens is 296 g/mol. The van der Waals surface area contributed by atoms with Crippen LogP contribution in [0.2, 0.25) is 0 Å². The number of aryl methyl sites for hydroxylation is 2. The molecule has 0 unspecified atom stereocenters. The predicted molar refractivity (Wildman–Crippen MR) is 86.0 cm³/mol. The molecule has 1 amide bonds. The van der Waals surface area contributed by atoms with Crippen LogP contribution in [0.15, 0.2) is 17.8 Å². The summed E-state index contributed by atoms with van der Waals surface area (Å²) in [6.45, 7) is 5.33. The SMILES string of the molecule is Cc1ncc(C(=O)N2CCC[C@H](Cc3nccs3)C2)c(C)n1. The minimum atomic E-state index is 0.0568. The van der Waals surface area contributed by atoms with Crippen LogP contribution in [0.25, 0.3) is 0 Å². The lowest BCUT2D eigenvalue weighted by Crippen LogP contribution is -2.41. The second-order valence-electron chi connectivity index (χ2n) is 5.81. The molecule has 0 radical (unpaired) electrons. The van der Waals surface area contributed by atoms with E-state index in [-0.39, 0.29) is 5.91 Å². The second kappa shape index (κ2) is 6.52. The largest absolute Gasteiger partial charge is 0.338 e. The van der Waals surface area contributed by atoms with Crippen LogP contribution in [0.3, 0.4) is 0 Å². The molecule has 0 aliphatic carbocycles. The first-order chi connectivity index (χ1) is 10.6. The number of piperidine rings is 1. The molecule has 3 heterocycles. The van der Waals surface area contributed by atoms with Crippen molar-refractivity contribution >= 4 is 17.2 Å². The van der Waals surface area contributed by atoms with Crippen molar-refractivity contribution in [1.29, 1.82) is 0 Å². The van der Waals surface area contributed by atoms with Gasteiger partial charge in [-0.1, -0.05) is 0 Å². The molecule has 116 valence electrons. The van der Waals surface area contributed by atoms with E-state index in [4.69, 9.17) is 0 Å². The Kier molecular flexibility index (Phi) is 4.47. The smallest absolute Gasteiger partial charge is 0.257 e. The van der Waals surface area contributed by atoms with Gasteiger partial charge in [0.25, 0.3) is 5.91 Å². The number of hydrogen-bond acceptors (Lipinski definition) is 5. The van der Waals surface area contributed by atoms with Crippen molar-refractivity contribution in [2.75, 3.05) is 13.1 Å². The third-order valence-corrected chi connectivity index (χ3v) is 4.89. The van der Waals surface area contributed by atoms with Crippen LogP contribution in [-0.2, 0) is 6.42 Å². The molecule has 0 saturated carbocycles. The van der Waals surface area contributed by atoms with E-state index in [2.05, 4.69) is 15.0 Å². The van der Waals surface area contributed by atoms with E-state index in [1.807, 2.05) is 30.3 Å². The van der Waals surface area contributed by atoms with Crippen LogP contribution < -0.4 is 0 Å². The number of carbonyl (C=O) groups is 1. The van der Waals surface area contributed by atoms with Crippen molar-refractivity contribution in [2.45, 2.75) is 33.1 Å². The molecule has 1 saturated heterocycles. The summed E-state index contributed by atoms with van der Waals surface area (Å²) in [6, 6.07) is 0. The summed E-state index contributed by atoms with van der Waals surface area (Å²) in [5.74, 6) is 1.26. The zero-order valence-electron chi connectivity index (χ0n) is 13.0. The zero-order chi connectivity index (χ0) is 15.5. The first kappa shape index (κ1) is 15.1. The summed E-state index contributed by atoms with van der Waals surface area (Å²) in [6.07, 6.45) is 6.67. The lowest BCUT2D eigenvalue weighted by molar-refractivity contribution is 0.0671. The number of nitrogens with zero attached hydrogens (tertiary/aromatic N) is 4. The van der Waals surface area contributed by atoms with Gasteiger partial charge >= 0.3 is 0 Å². The fraction of sp³-hybridized carbons (Fsp3) is 0.500. The summed E-state index contributed by atoms with van der Waals surface area (Å²) in [7, 11) is 0. The predicted octanol–water partition coefficient (Wildman–Crippen LogP) is 2.64. The van der Waals surface area contributed by atoms with E-state index in [1.54, 1.807) is 17.5 Å². The van der Waals surface area contributed by atoms with E-state index in [9.17, 15) is 4.79 Å². The first-order valence-corrected chi connectivity index (χ1v) is 8.49. The van der Waals surface area contributed by atoms with Crippen molar-refractivity contribution in [2.24, 2.45) is 5.92 Å². The maximum atomic E-state index is 12.7. The molecule has 6 heteroatoms. The molecule has 0 bridgehead atoms. The lowest BCUT2D eigenvalue weighted by Gasteiger charge is -2.32. The van der Waals surface area contributed by atoms with Gasteiger partial charge in [0.05, 0.1) is 16.3 Å². The molecule has 2 aromatic rings. The Morgan fingerprint density at radius 3 is 3.00 bits per heavy atom. The fourth-order valence-electron chi connectivity index (χ4n) is 2.98. The van der Waals surface area contributed by atoms with Crippen molar-refractivity contribution in [3.8, 4) is 0 Å². The Labute approximate surface area is 134 Å². The van der Waals surface area contributed by atoms with Crippen LogP contribution in [0, 0.1) is 19.8 Å². The first-order valence-electron chi connectivity index (χ1n) is 7.61. The lowest BCUT2D eigenvalue weighted by atomic mass is 9.94. The van der Waals surface area contributed by atoms with Gasteiger partial charge < -0.3 is 4.90 Å². The Balaban J connectivity index is 1.69. The molecular formula is C16H20N4OS. The maximum absolute atomic E-state index is 12.7. The van der Waals surface area contributed by atoms with Gasteiger partial charge in [0.1, 0.15) is 5.82 Å². The van der Waals surface area contributed by atoms with E-state index in [1.165, 1.54) is 0 Å². The highest BCUT2D eigenvalue weighted by Crippen LogP contribution is 2.23. The van der Waals surface area contributed by atoms with E-state index in [0.29, 0.717) is 17.3 Å². The average Bonchev–Trinajstić information content (AvgIpc) is 3.00. The van der Waals surface area contributed by atoms with E-state index >= 15 is 0 Å².